The molecule has 10 nitrogen and oxygen atoms in total. The first-order valence-electron chi connectivity index (χ1n) is 10.6. The van der Waals surface area contributed by atoms with E-state index in [0.29, 0.717) is 18.1 Å². The minimum absolute atomic E-state index is 0. The largest absolute Gasteiger partial charge is 0.380 e. The molecule has 0 aliphatic carbocycles. The van der Waals surface area contributed by atoms with Gasteiger partial charge in [-0.1, -0.05) is 0 Å². The highest BCUT2D eigenvalue weighted by atomic mass is 35.5. The Morgan fingerprint density at radius 3 is 2.74 bits per heavy atom. The Kier molecular flexibility index (Phi) is 7.73. The van der Waals surface area contributed by atoms with Gasteiger partial charge in [-0.15, -0.1) is 12.4 Å². The number of aliphatic hydroxyl groups is 1. The number of amides is 3. The molecule has 2 atom stereocenters. The second-order valence-electron chi connectivity index (χ2n) is 8.18. The normalized spacial score (nSPS) is 17.7. The van der Waals surface area contributed by atoms with E-state index >= 15 is 0 Å². The van der Waals surface area contributed by atoms with Gasteiger partial charge < -0.3 is 30.3 Å². The molecule has 0 spiro atoms. The van der Waals surface area contributed by atoms with Crippen LogP contribution in [0.2, 0.25) is 0 Å². The van der Waals surface area contributed by atoms with Crippen LogP contribution < -0.4 is 15.5 Å². The van der Waals surface area contributed by atoms with E-state index in [1.165, 1.54) is 36.0 Å². The predicted molar refractivity (Wildman–Crippen MR) is 129 cm³/mol. The van der Waals surface area contributed by atoms with Crippen LogP contribution in [0.4, 0.5) is 15.8 Å². The fraction of sp³-hybridized carbons (Fsp3) is 0.304. The van der Waals surface area contributed by atoms with Gasteiger partial charge in [0.25, 0.3) is 17.7 Å². The number of carbonyl (C=O) groups is 3. The van der Waals surface area contributed by atoms with E-state index in [0.717, 1.165) is 17.2 Å². The van der Waals surface area contributed by atoms with Crippen LogP contribution in [-0.2, 0) is 20.9 Å². The van der Waals surface area contributed by atoms with Gasteiger partial charge in [-0.25, -0.2) is 4.39 Å². The molecule has 2 aliphatic heterocycles. The number of hydrogen-bond acceptors (Lipinski definition) is 6. The lowest BCUT2D eigenvalue weighted by atomic mass is 10.1. The molecule has 1 saturated heterocycles. The van der Waals surface area contributed by atoms with Crippen molar-refractivity contribution < 1.29 is 28.6 Å². The SMILES string of the molecule is CN(C)C(=O)c1cc(N2CCO[C@H]([C@@H](O)C(=O)Nc3ccc4c(c3)CNC4=N)C2=O)ccc1F.Cl. The first-order chi connectivity index (χ1) is 16.2. The predicted octanol–water partition coefficient (Wildman–Crippen LogP) is 1.11. The van der Waals surface area contributed by atoms with E-state index in [2.05, 4.69) is 10.6 Å². The van der Waals surface area contributed by atoms with Crippen LogP contribution in [0.5, 0.6) is 0 Å². The van der Waals surface area contributed by atoms with Crippen molar-refractivity contribution in [3.05, 3.63) is 58.9 Å². The summed E-state index contributed by atoms with van der Waals surface area (Å²) in [4.78, 5) is 40.4. The van der Waals surface area contributed by atoms with Crippen molar-refractivity contribution in [3.63, 3.8) is 0 Å². The summed E-state index contributed by atoms with van der Waals surface area (Å²) in [7, 11) is 2.97. The van der Waals surface area contributed by atoms with E-state index in [-0.39, 0.29) is 36.8 Å². The quantitative estimate of drug-likeness (QED) is 0.481. The van der Waals surface area contributed by atoms with Crippen molar-refractivity contribution in [2.75, 3.05) is 37.5 Å². The summed E-state index contributed by atoms with van der Waals surface area (Å²) < 4.78 is 19.6. The Hall–Kier alpha value is -3.54. The zero-order valence-electron chi connectivity index (χ0n) is 19.0. The van der Waals surface area contributed by atoms with Gasteiger partial charge in [0.05, 0.1) is 12.2 Å². The summed E-state index contributed by atoms with van der Waals surface area (Å²) in [6, 6.07) is 8.68. The molecule has 35 heavy (non-hydrogen) atoms. The van der Waals surface area contributed by atoms with Crippen molar-refractivity contribution in [1.82, 2.24) is 10.2 Å². The zero-order chi connectivity index (χ0) is 24.6. The molecule has 2 heterocycles. The fourth-order valence-electron chi connectivity index (χ4n) is 3.87. The number of amidine groups is 1. The van der Waals surface area contributed by atoms with Gasteiger partial charge in [0, 0.05) is 44.1 Å². The maximum Gasteiger partial charge on any atom is 0.259 e. The fourth-order valence-corrected chi connectivity index (χ4v) is 3.87. The number of nitrogens with one attached hydrogen (secondary N) is 3. The van der Waals surface area contributed by atoms with Gasteiger partial charge in [-0.2, -0.15) is 0 Å². The van der Waals surface area contributed by atoms with Gasteiger partial charge >= 0.3 is 0 Å². The van der Waals surface area contributed by atoms with Crippen LogP contribution in [0.3, 0.4) is 0 Å². The van der Waals surface area contributed by atoms with Gasteiger partial charge in [0.1, 0.15) is 11.7 Å². The lowest BCUT2D eigenvalue weighted by molar-refractivity contribution is -0.150. The summed E-state index contributed by atoms with van der Waals surface area (Å²) in [6.07, 6.45) is -3.28. The highest BCUT2D eigenvalue weighted by Gasteiger charge is 2.39. The van der Waals surface area contributed by atoms with Crippen LogP contribution >= 0.6 is 12.4 Å². The number of nitrogens with zero attached hydrogens (tertiary/aromatic N) is 2. The number of anilines is 2. The zero-order valence-corrected chi connectivity index (χ0v) is 19.8. The topological polar surface area (TPSA) is 135 Å². The number of aliphatic hydroxyl groups excluding tert-OH is 1. The molecular formula is C23H25ClFN5O5. The number of halogens is 2. The molecule has 0 bridgehead atoms. The number of carbonyl (C=O) groups excluding carboxylic acids is 3. The molecule has 0 unspecified atom stereocenters. The standard InChI is InChI=1S/C23H24FN5O5.ClH/c1-28(2)22(32)16-10-14(4-6-17(16)24)29-7-8-34-19(23(29)33)18(30)21(31)27-13-3-5-15-12(9-13)11-26-20(15)25;/h3-6,9-10,18-19,30H,7-8,11H2,1-2H3,(H2,25,26)(H,27,31);1H/t18-,19-;/m1./s1. The number of rotatable bonds is 5. The number of benzene rings is 2. The summed E-state index contributed by atoms with van der Waals surface area (Å²) in [5, 5.41) is 23.8. The first kappa shape index (κ1) is 26.1. The molecule has 1 fully saturated rings. The lowest BCUT2D eigenvalue weighted by Crippen LogP contribution is -2.55. The van der Waals surface area contributed by atoms with Crippen LogP contribution in [0, 0.1) is 11.2 Å². The molecule has 0 aromatic heterocycles. The monoisotopic (exact) mass is 505 g/mol. The molecule has 2 aromatic rings. The third kappa shape index (κ3) is 5.11. The third-order valence-corrected chi connectivity index (χ3v) is 5.67. The van der Waals surface area contributed by atoms with Crippen molar-refractivity contribution in [2.45, 2.75) is 18.8 Å². The molecule has 0 radical (unpaired) electrons. The van der Waals surface area contributed by atoms with Gasteiger partial charge in [-0.05, 0) is 42.0 Å². The van der Waals surface area contributed by atoms with E-state index in [9.17, 15) is 23.9 Å². The van der Waals surface area contributed by atoms with Crippen molar-refractivity contribution in [2.24, 2.45) is 0 Å². The van der Waals surface area contributed by atoms with E-state index < -0.39 is 35.7 Å². The summed E-state index contributed by atoms with van der Waals surface area (Å²) >= 11 is 0. The average Bonchev–Trinajstić information content (AvgIpc) is 3.18. The van der Waals surface area contributed by atoms with Crippen LogP contribution in [0.25, 0.3) is 0 Å². The Morgan fingerprint density at radius 1 is 1.29 bits per heavy atom. The number of morpholine rings is 1. The van der Waals surface area contributed by atoms with Crippen LogP contribution in [0.15, 0.2) is 36.4 Å². The molecule has 0 saturated carbocycles. The van der Waals surface area contributed by atoms with Gasteiger partial charge in [0.15, 0.2) is 12.2 Å². The maximum atomic E-state index is 14.2. The third-order valence-electron chi connectivity index (χ3n) is 5.67. The average molecular weight is 506 g/mol. The summed E-state index contributed by atoms with van der Waals surface area (Å²) in [5.41, 5.74) is 2.02. The van der Waals surface area contributed by atoms with E-state index in [1.807, 2.05) is 0 Å². The van der Waals surface area contributed by atoms with Gasteiger partial charge in [0.2, 0.25) is 0 Å². The molecule has 2 aromatic carbocycles. The van der Waals surface area contributed by atoms with E-state index in [1.54, 1.807) is 18.2 Å². The minimum Gasteiger partial charge on any atom is -0.380 e. The van der Waals surface area contributed by atoms with Gasteiger partial charge in [-0.3, -0.25) is 19.8 Å². The molecule has 12 heteroatoms. The second kappa shape index (κ2) is 10.4. The van der Waals surface area contributed by atoms with Crippen molar-refractivity contribution in [3.8, 4) is 0 Å². The summed E-state index contributed by atoms with van der Waals surface area (Å²) in [6.45, 7) is 0.589. The molecule has 4 rings (SSSR count). The highest BCUT2D eigenvalue weighted by molar-refractivity contribution is 6.05. The number of fused-ring (bicyclic) bond motifs is 1. The Balaban J connectivity index is 0.00000342. The Bertz CT molecular complexity index is 1190. The van der Waals surface area contributed by atoms with Crippen molar-refractivity contribution >= 4 is 47.3 Å². The number of hydrogen-bond donors (Lipinski definition) is 4. The molecular weight excluding hydrogens is 481 g/mol. The van der Waals surface area contributed by atoms with Crippen molar-refractivity contribution in [1.29, 1.82) is 5.41 Å². The molecule has 2 aliphatic rings. The lowest BCUT2D eigenvalue weighted by Gasteiger charge is -2.34. The smallest absolute Gasteiger partial charge is 0.259 e. The maximum absolute atomic E-state index is 14.2. The summed E-state index contributed by atoms with van der Waals surface area (Å²) in [5.74, 6) is -2.50. The Morgan fingerprint density at radius 2 is 2.03 bits per heavy atom. The van der Waals surface area contributed by atoms with E-state index in [4.69, 9.17) is 10.1 Å². The van der Waals surface area contributed by atoms with Crippen LogP contribution in [-0.4, -0.2) is 73.0 Å². The molecule has 4 N–H and O–H groups in total. The van der Waals surface area contributed by atoms with Crippen LogP contribution in [0.1, 0.15) is 21.5 Å². The molecule has 3 amide bonds. The first-order valence-corrected chi connectivity index (χ1v) is 10.6. The number of ether oxygens (including phenoxy) is 1. The highest BCUT2D eigenvalue weighted by Crippen LogP contribution is 2.25. The Labute approximate surface area is 207 Å². The second-order valence-corrected chi connectivity index (χ2v) is 8.18. The minimum atomic E-state index is -1.80. The molecule has 186 valence electrons.